The highest BCUT2D eigenvalue weighted by Gasteiger charge is 2.30. The molecular weight excluding hydrogens is 573 g/mol. The summed E-state index contributed by atoms with van der Waals surface area (Å²) in [6.45, 7) is 1.64. The van der Waals surface area contributed by atoms with E-state index < -0.39 is 17.6 Å². The van der Waals surface area contributed by atoms with Crippen LogP contribution in [0.5, 0.6) is 0 Å². The Bertz CT molecular complexity index is 1710. The number of fused-ring (bicyclic) bond motifs is 1. The molecule has 2 aromatic heterocycles. The van der Waals surface area contributed by atoms with Gasteiger partial charge in [-0.05, 0) is 74.4 Å². The molecule has 44 heavy (non-hydrogen) atoms. The minimum Gasteiger partial charge on any atom is -0.383 e. The van der Waals surface area contributed by atoms with Crippen LogP contribution < -0.4 is 11.1 Å². The summed E-state index contributed by atoms with van der Waals surface area (Å²) in [6.07, 6.45) is 4.37. The number of alkyl halides is 3. The molecule has 0 bridgehead atoms. The van der Waals surface area contributed by atoms with E-state index in [1.165, 1.54) is 12.7 Å². The number of nitrogens with two attached hydrogens (primary N) is 1. The average Bonchev–Trinajstić information content (AvgIpc) is 3.75. The lowest BCUT2D eigenvalue weighted by atomic mass is 10.1. The molecule has 2 amide bonds. The molecule has 2 aromatic carbocycles. The lowest BCUT2D eigenvalue weighted by molar-refractivity contribution is -0.137. The third-order valence-electron chi connectivity index (χ3n) is 7.30. The van der Waals surface area contributed by atoms with Crippen LogP contribution in [0.15, 0.2) is 66.5 Å². The number of benzene rings is 2. The summed E-state index contributed by atoms with van der Waals surface area (Å²) < 4.78 is 37.9. The molecule has 4 aromatic rings. The number of piperidine rings is 1. The summed E-state index contributed by atoms with van der Waals surface area (Å²) >= 11 is 0. The van der Waals surface area contributed by atoms with Crippen LogP contribution in [-0.4, -0.2) is 50.0 Å². The van der Waals surface area contributed by atoms with Gasteiger partial charge in [0, 0.05) is 29.9 Å². The lowest BCUT2D eigenvalue weighted by Gasteiger charge is -2.26. The van der Waals surface area contributed by atoms with Gasteiger partial charge in [-0.15, -0.1) is 0 Å². The highest BCUT2D eigenvalue weighted by molar-refractivity contribution is 6.04. The largest absolute Gasteiger partial charge is 0.416 e. The number of amides is 2. The summed E-state index contributed by atoms with van der Waals surface area (Å²) in [5.41, 5.74) is 7.87. The first-order valence-electron chi connectivity index (χ1n) is 14.1. The molecule has 0 spiro atoms. The number of rotatable bonds is 5. The summed E-state index contributed by atoms with van der Waals surface area (Å²) in [5, 5.41) is 19.1. The minimum absolute atomic E-state index is 0.0518. The van der Waals surface area contributed by atoms with Crippen LogP contribution in [-0.2, 0) is 11.0 Å². The number of nitrogen functional groups attached to an aromatic ring is 1. The second-order valence-corrected chi connectivity index (χ2v) is 10.5. The predicted molar refractivity (Wildman–Crippen MR) is 158 cm³/mol. The molecule has 3 heterocycles. The smallest absolute Gasteiger partial charge is 0.383 e. The van der Waals surface area contributed by atoms with E-state index in [1.54, 1.807) is 24.3 Å². The number of likely N-dealkylation sites (tertiary alicyclic amines) is 1. The molecule has 0 atom stereocenters. The number of carbonyl (C=O) groups excluding carboxylic acids is 2. The molecule has 2 aliphatic rings. The number of anilines is 2. The number of carbonyl (C=O) groups is 2. The van der Waals surface area contributed by atoms with E-state index in [0.29, 0.717) is 39.7 Å². The number of allylic oxidation sites excluding steroid dienone is 1. The SMILES string of the molecule is N#C/C(=C\C1CC1)C(=O)N1CCCCC1.Nc1ncnc2n[nH]c(-c3ccc(NC(=O)c4ccc(C(F)(F)F)cc4)cc3)c12. The molecule has 1 aliphatic heterocycles. The molecule has 1 saturated carbocycles. The van der Waals surface area contributed by atoms with Crippen LogP contribution in [0.3, 0.4) is 0 Å². The molecule has 2 fully saturated rings. The maximum Gasteiger partial charge on any atom is 0.416 e. The lowest BCUT2D eigenvalue weighted by Crippen LogP contribution is -2.36. The number of halogens is 3. The van der Waals surface area contributed by atoms with Gasteiger partial charge in [-0.25, -0.2) is 9.97 Å². The Morgan fingerprint density at radius 1 is 1.02 bits per heavy atom. The molecule has 10 nitrogen and oxygen atoms in total. The number of nitriles is 1. The van der Waals surface area contributed by atoms with Crippen molar-refractivity contribution in [2.24, 2.45) is 5.92 Å². The number of nitrogens with one attached hydrogen (secondary N) is 2. The number of aromatic nitrogens is 4. The second-order valence-electron chi connectivity index (χ2n) is 10.5. The quantitative estimate of drug-likeness (QED) is 0.195. The maximum atomic E-state index is 12.6. The third kappa shape index (κ3) is 7.20. The molecule has 1 aliphatic carbocycles. The topological polar surface area (TPSA) is 154 Å². The van der Waals surface area contributed by atoms with Gasteiger partial charge in [0.1, 0.15) is 23.8 Å². The zero-order valence-corrected chi connectivity index (χ0v) is 23.6. The zero-order valence-electron chi connectivity index (χ0n) is 23.6. The summed E-state index contributed by atoms with van der Waals surface area (Å²) in [5.74, 6) is 0.215. The Labute approximate surface area is 250 Å². The number of aromatic amines is 1. The van der Waals surface area contributed by atoms with E-state index >= 15 is 0 Å². The molecule has 226 valence electrons. The van der Waals surface area contributed by atoms with Gasteiger partial charge < -0.3 is 16.0 Å². The first-order chi connectivity index (χ1) is 21.1. The minimum atomic E-state index is -4.45. The van der Waals surface area contributed by atoms with Crippen molar-refractivity contribution < 1.29 is 22.8 Å². The van der Waals surface area contributed by atoms with Gasteiger partial charge in [0.2, 0.25) is 0 Å². The molecule has 4 N–H and O–H groups in total. The number of hydrogen-bond acceptors (Lipinski definition) is 7. The van der Waals surface area contributed by atoms with Crippen LogP contribution in [0.4, 0.5) is 24.7 Å². The number of nitrogens with zero attached hydrogens (tertiary/aromatic N) is 5. The first kappa shape index (κ1) is 30.2. The van der Waals surface area contributed by atoms with Gasteiger partial charge in [-0.1, -0.05) is 18.2 Å². The van der Waals surface area contributed by atoms with E-state index in [0.717, 1.165) is 68.6 Å². The molecule has 13 heteroatoms. The van der Waals surface area contributed by atoms with Crippen LogP contribution >= 0.6 is 0 Å². The second kappa shape index (κ2) is 12.9. The molecular formula is C31H29F3N8O2. The highest BCUT2D eigenvalue weighted by Crippen LogP contribution is 2.32. The Balaban J connectivity index is 0.000000215. The van der Waals surface area contributed by atoms with Crippen molar-refractivity contribution in [3.8, 4) is 17.3 Å². The highest BCUT2D eigenvalue weighted by atomic mass is 19.4. The number of H-pyrrole nitrogens is 1. The van der Waals surface area contributed by atoms with E-state index in [2.05, 4.69) is 25.5 Å². The maximum absolute atomic E-state index is 12.6. The normalized spacial score (nSPS) is 15.2. The van der Waals surface area contributed by atoms with Crippen LogP contribution in [0.1, 0.15) is 48.0 Å². The van der Waals surface area contributed by atoms with Gasteiger partial charge in [0.15, 0.2) is 5.65 Å². The van der Waals surface area contributed by atoms with Crippen LogP contribution in [0.25, 0.3) is 22.3 Å². The van der Waals surface area contributed by atoms with Gasteiger partial charge in [-0.3, -0.25) is 14.7 Å². The van der Waals surface area contributed by atoms with Gasteiger partial charge in [0.05, 0.1) is 16.6 Å². The summed E-state index contributed by atoms with van der Waals surface area (Å²) in [4.78, 5) is 34.0. The molecule has 1 saturated heterocycles. The van der Waals surface area contributed by atoms with Crippen molar-refractivity contribution in [3.63, 3.8) is 0 Å². The van der Waals surface area contributed by atoms with Crippen molar-refractivity contribution in [2.75, 3.05) is 24.1 Å². The summed E-state index contributed by atoms with van der Waals surface area (Å²) in [7, 11) is 0. The monoisotopic (exact) mass is 602 g/mol. The van der Waals surface area contributed by atoms with Gasteiger partial charge in [-0.2, -0.15) is 23.5 Å². The fourth-order valence-electron chi connectivity index (χ4n) is 4.74. The Morgan fingerprint density at radius 3 is 2.32 bits per heavy atom. The van der Waals surface area contributed by atoms with Gasteiger partial charge in [0.25, 0.3) is 11.8 Å². The Kier molecular flexibility index (Phi) is 8.89. The van der Waals surface area contributed by atoms with Crippen molar-refractivity contribution in [1.82, 2.24) is 25.1 Å². The fraction of sp³-hybridized carbons (Fsp3) is 0.290. The molecule has 6 rings (SSSR count). The Morgan fingerprint density at radius 2 is 1.70 bits per heavy atom. The van der Waals surface area contributed by atoms with E-state index in [-0.39, 0.29) is 11.5 Å². The van der Waals surface area contributed by atoms with Gasteiger partial charge >= 0.3 is 6.18 Å². The summed E-state index contributed by atoms with van der Waals surface area (Å²) in [6, 6.07) is 12.8. The van der Waals surface area contributed by atoms with Crippen LogP contribution in [0.2, 0.25) is 0 Å². The first-order valence-corrected chi connectivity index (χ1v) is 14.1. The average molecular weight is 603 g/mol. The predicted octanol–water partition coefficient (Wildman–Crippen LogP) is 5.73. The molecule has 0 radical (unpaired) electrons. The number of hydrogen-bond donors (Lipinski definition) is 3. The van der Waals surface area contributed by atoms with E-state index in [9.17, 15) is 22.8 Å². The zero-order chi connectivity index (χ0) is 31.3. The van der Waals surface area contributed by atoms with E-state index in [1.807, 2.05) is 17.0 Å². The fourth-order valence-corrected chi connectivity index (χ4v) is 4.74. The van der Waals surface area contributed by atoms with Crippen molar-refractivity contribution in [3.05, 3.63) is 77.6 Å². The van der Waals surface area contributed by atoms with Crippen LogP contribution in [0, 0.1) is 17.2 Å². The van der Waals surface area contributed by atoms with Crippen molar-refractivity contribution in [2.45, 2.75) is 38.3 Å². The third-order valence-corrected chi connectivity index (χ3v) is 7.30. The van der Waals surface area contributed by atoms with Crippen molar-refractivity contribution >= 4 is 34.4 Å². The Hall–Kier alpha value is -5.25. The van der Waals surface area contributed by atoms with Crippen molar-refractivity contribution in [1.29, 1.82) is 5.26 Å². The van der Waals surface area contributed by atoms with E-state index in [4.69, 9.17) is 11.0 Å². The molecule has 0 unspecified atom stereocenters. The standard InChI is InChI=1S/C19H13F3N6O.C12H16N2O/c20-19(21,22)12-5-1-11(2-6-12)18(29)26-13-7-3-10(4-8-13)15-14-16(23)24-9-25-17(14)28-27-15;13-9-11(8-10-4-5-10)12(15)14-6-2-1-3-7-14/h1-9H,(H,26,29)(H3,23,24,25,27,28);8,10H,1-7H2/b;11-8+.